The fourth-order valence-electron chi connectivity index (χ4n) is 2.25. The van der Waals surface area contributed by atoms with E-state index in [0.717, 1.165) is 37.9 Å². The summed E-state index contributed by atoms with van der Waals surface area (Å²) in [5.41, 5.74) is 1.07. The van der Waals surface area contributed by atoms with Crippen molar-refractivity contribution in [3.05, 3.63) is 11.6 Å². The van der Waals surface area contributed by atoms with Gasteiger partial charge in [0.2, 0.25) is 0 Å². The Balaban J connectivity index is 1.71. The van der Waals surface area contributed by atoms with E-state index in [0.29, 0.717) is 18.3 Å². The second-order valence-electron chi connectivity index (χ2n) is 4.22. The number of hydrogen-bond acceptors (Lipinski definition) is 2. The van der Waals surface area contributed by atoms with Crippen LogP contribution in [-0.4, -0.2) is 18.5 Å². The highest BCUT2D eigenvalue weighted by Crippen LogP contribution is 2.22. The molecule has 0 aromatic carbocycles. The van der Waals surface area contributed by atoms with Gasteiger partial charge in [0.1, 0.15) is 0 Å². The molecule has 1 heterocycles. The minimum Gasteiger partial charge on any atom is -0.378 e. The molecule has 2 aliphatic rings. The summed E-state index contributed by atoms with van der Waals surface area (Å²) in [6, 6.07) is 0. The van der Waals surface area contributed by atoms with Crippen molar-refractivity contribution in [3.8, 4) is 0 Å². The molecule has 0 saturated carbocycles. The van der Waals surface area contributed by atoms with Crippen LogP contribution in [0.2, 0.25) is 0 Å². The maximum atomic E-state index is 11.7. The molecule has 78 valence electrons. The number of hydrogen-bond donors (Lipinski definition) is 0. The van der Waals surface area contributed by atoms with Crippen LogP contribution in [0.25, 0.3) is 0 Å². The minimum atomic E-state index is 0.359. The van der Waals surface area contributed by atoms with Gasteiger partial charge in [-0.25, -0.2) is 0 Å². The zero-order chi connectivity index (χ0) is 9.80. The first kappa shape index (κ1) is 9.91. The normalized spacial score (nSPS) is 26.6. The molecule has 1 aliphatic carbocycles. The molecule has 0 radical (unpaired) electrons. The van der Waals surface area contributed by atoms with E-state index in [9.17, 15) is 4.79 Å². The van der Waals surface area contributed by atoms with Crippen molar-refractivity contribution in [2.24, 2.45) is 0 Å². The van der Waals surface area contributed by atoms with Gasteiger partial charge in [0.05, 0.1) is 6.10 Å². The van der Waals surface area contributed by atoms with Gasteiger partial charge < -0.3 is 4.74 Å². The average Bonchev–Trinajstić information content (AvgIpc) is 2.87. The van der Waals surface area contributed by atoms with Crippen LogP contribution in [0.4, 0.5) is 0 Å². The lowest BCUT2D eigenvalue weighted by molar-refractivity contribution is -0.116. The van der Waals surface area contributed by atoms with E-state index in [-0.39, 0.29) is 0 Å². The number of rotatable bonds is 4. The van der Waals surface area contributed by atoms with Gasteiger partial charge >= 0.3 is 0 Å². The quantitative estimate of drug-likeness (QED) is 0.687. The zero-order valence-electron chi connectivity index (χ0n) is 8.63. The molecule has 14 heavy (non-hydrogen) atoms. The third-order valence-electron chi connectivity index (χ3n) is 3.12. The van der Waals surface area contributed by atoms with E-state index in [1.807, 2.05) is 0 Å². The molecule has 1 unspecified atom stereocenters. The van der Waals surface area contributed by atoms with Crippen LogP contribution in [0.1, 0.15) is 44.9 Å². The highest BCUT2D eigenvalue weighted by Gasteiger charge is 2.18. The predicted molar refractivity (Wildman–Crippen MR) is 55.1 cm³/mol. The molecule has 0 aromatic rings. The number of carbonyl (C=O) groups excluding carboxylic acids is 1. The molecular weight excluding hydrogens is 176 g/mol. The van der Waals surface area contributed by atoms with E-state index in [2.05, 4.69) is 6.08 Å². The third-order valence-corrected chi connectivity index (χ3v) is 3.12. The van der Waals surface area contributed by atoms with Gasteiger partial charge in [-0.3, -0.25) is 4.79 Å². The van der Waals surface area contributed by atoms with Gasteiger partial charge in [-0.2, -0.15) is 0 Å². The molecule has 1 saturated heterocycles. The molecule has 2 nitrogen and oxygen atoms in total. The molecule has 1 fully saturated rings. The molecule has 2 rings (SSSR count). The SMILES string of the molecule is O=C(CCC1CCCO1)C1=CCCC1. The van der Waals surface area contributed by atoms with Crippen LogP contribution in [-0.2, 0) is 9.53 Å². The van der Waals surface area contributed by atoms with Crippen LogP contribution in [0.5, 0.6) is 0 Å². The first-order chi connectivity index (χ1) is 6.86. The van der Waals surface area contributed by atoms with Crippen molar-refractivity contribution in [2.75, 3.05) is 6.61 Å². The number of Topliss-reactive ketones (excluding diaryl/α,β-unsaturated/α-hetero) is 1. The average molecular weight is 194 g/mol. The van der Waals surface area contributed by atoms with Gasteiger partial charge in [0.15, 0.2) is 5.78 Å². The smallest absolute Gasteiger partial charge is 0.158 e. The second-order valence-corrected chi connectivity index (χ2v) is 4.22. The third kappa shape index (κ3) is 2.44. The van der Waals surface area contributed by atoms with E-state index in [1.54, 1.807) is 0 Å². The monoisotopic (exact) mass is 194 g/mol. The predicted octanol–water partition coefficient (Wildman–Crippen LogP) is 2.63. The van der Waals surface area contributed by atoms with Crippen LogP contribution in [0, 0.1) is 0 Å². The van der Waals surface area contributed by atoms with Gasteiger partial charge in [-0.15, -0.1) is 0 Å². The summed E-state index contributed by atoms with van der Waals surface area (Å²) in [6.07, 6.45) is 9.67. The first-order valence-electron chi connectivity index (χ1n) is 5.70. The van der Waals surface area contributed by atoms with Crippen molar-refractivity contribution >= 4 is 5.78 Å². The maximum absolute atomic E-state index is 11.7. The van der Waals surface area contributed by atoms with Gasteiger partial charge in [-0.05, 0) is 44.1 Å². The summed E-state index contributed by atoms with van der Waals surface area (Å²) in [4.78, 5) is 11.7. The topological polar surface area (TPSA) is 26.3 Å². The number of allylic oxidation sites excluding steroid dienone is 2. The van der Waals surface area contributed by atoms with Crippen LogP contribution < -0.4 is 0 Å². The Morgan fingerprint density at radius 2 is 2.43 bits per heavy atom. The molecular formula is C12H18O2. The summed E-state index contributed by atoms with van der Waals surface area (Å²) >= 11 is 0. The Labute approximate surface area is 85.3 Å². The molecule has 0 spiro atoms. The molecule has 0 bridgehead atoms. The van der Waals surface area contributed by atoms with Crippen LogP contribution in [0.15, 0.2) is 11.6 Å². The van der Waals surface area contributed by atoms with Gasteiger partial charge in [-0.1, -0.05) is 6.08 Å². The minimum absolute atomic E-state index is 0.359. The molecule has 0 N–H and O–H groups in total. The molecule has 1 atom stereocenters. The van der Waals surface area contributed by atoms with E-state index in [4.69, 9.17) is 4.74 Å². The van der Waals surface area contributed by atoms with Crippen molar-refractivity contribution < 1.29 is 9.53 Å². The first-order valence-corrected chi connectivity index (χ1v) is 5.70. The Kier molecular flexibility index (Phi) is 3.35. The fourth-order valence-corrected chi connectivity index (χ4v) is 2.25. The highest BCUT2D eigenvalue weighted by atomic mass is 16.5. The van der Waals surface area contributed by atoms with Crippen molar-refractivity contribution in [1.82, 2.24) is 0 Å². The fraction of sp³-hybridized carbons (Fsp3) is 0.750. The zero-order valence-corrected chi connectivity index (χ0v) is 8.63. The second kappa shape index (κ2) is 4.74. The Bertz CT molecular complexity index is 237. The van der Waals surface area contributed by atoms with E-state index in [1.165, 1.54) is 12.8 Å². The lowest BCUT2D eigenvalue weighted by Gasteiger charge is -2.08. The van der Waals surface area contributed by atoms with Crippen LogP contribution in [0.3, 0.4) is 0 Å². The summed E-state index contributed by atoms with van der Waals surface area (Å²) < 4.78 is 5.49. The van der Waals surface area contributed by atoms with Gasteiger partial charge in [0, 0.05) is 13.0 Å². The Hall–Kier alpha value is -0.630. The molecule has 0 amide bonds. The maximum Gasteiger partial charge on any atom is 0.158 e. The Morgan fingerprint density at radius 3 is 3.07 bits per heavy atom. The summed E-state index contributed by atoms with van der Waals surface area (Å²) in [7, 11) is 0. The largest absolute Gasteiger partial charge is 0.378 e. The van der Waals surface area contributed by atoms with E-state index >= 15 is 0 Å². The van der Waals surface area contributed by atoms with Crippen molar-refractivity contribution in [2.45, 2.75) is 51.0 Å². The lowest BCUT2D eigenvalue weighted by atomic mass is 10.0. The summed E-state index contributed by atoms with van der Waals surface area (Å²) in [6.45, 7) is 0.890. The number of ketones is 1. The van der Waals surface area contributed by atoms with Crippen LogP contribution >= 0.6 is 0 Å². The van der Waals surface area contributed by atoms with Gasteiger partial charge in [0.25, 0.3) is 0 Å². The molecule has 0 aromatic heterocycles. The lowest BCUT2D eigenvalue weighted by Crippen LogP contribution is -2.09. The molecule has 1 aliphatic heterocycles. The Morgan fingerprint density at radius 1 is 1.50 bits per heavy atom. The standard InChI is InChI=1S/C12H18O2/c13-12(10-4-1-2-5-10)8-7-11-6-3-9-14-11/h4,11H,1-3,5-9H2. The summed E-state index contributed by atoms with van der Waals surface area (Å²) in [5, 5.41) is 0. The van der Waals surface area contributed by atoms with Crippen molar-refractivity contribution in [3.63, 3.8) is 0 Å². The molecule has 2 heteroatoms. The highest BCUT2D eigenvalue weighted by molar-refractivity contribution is 5.95. The summed E-state index contributed by atoms with van der Waals surface area (Å²) in [5.74, 6) is 0.359. The number of carbonyl (C=O) groups is 1. The number of ether oxygens (including phenoxy) is 1. The van der Waals surface area contributed by atoms with Crippen molar-refractivity contribution in [1.29, 1.82) is 0 Å². The van der Waals surface area contributed by atoms with E-state index < -0.39 is 0 Å².